The molecule has 1 aliphatic rings. The normalized spacial score (nSPS) is 19.0. The number of carbonyl (C=O) groups excluding carboxylic acids is 1. The van der Waals surface area contributed by atoms with E-state index in [4.69, 9.17) is 15.2 Å². The van der Waals surface area contributed by atoms with Crippen LogP contribution in [0.3, 0.4) is 0 Å². The van der Waals surface area contributed by atoms with Gasteiger partial charge in [-0.05, 0) is 25.5 Å². The summed E-state index contributed by atoms with van der Waals surface area (Å²) in [7, 11) is 0. The number of benzene rings is 1. The fraction of sp³-hybridized carbons (Fsp3) is 0.500. The standard InChI is InChI=1S/C20H27FN4O3/c1-3-4-12-27-19(26)24-11-10-20(21,13-24)14-28-18-15(2)17(22)25(23-18)16-8-6-5-7-9-16/h5-9H,3-4,10-14,22H2,1-2H3. The lowest BCUT2D eigenvalue weighted by Crippen LogP contribution is -2.37. The number of carbonyl (C=O) groups is 1. The summed E-state index contributed by atoms with van der Waals surface area (Å²) in [5, 5.41) is 4.37. The van der Waals surface area contributed by atoms with Crippen molar-refractivity contribution in [3.8, 4) is 11.6 Å². The summed E-state index contributed by atoms with van der Waals surface area (Å²) in [6, 6.07) is 9.43. The Hall–Kier alpha value is -2.77. The molecular formula is C20H27FN4O3. The molecule has 2 aromatic rings. The number of aromatic nitrogens is 2. The number of alkyl halides is 1. The Bertz CT molecular complexity index is 811. The predicted octanol–water partition coefficient (Wildman–Crippen LogP) is 3.49. The Kier molecular flexibility index (Phi) is 6.06. The van der Waals surface area contributed by atoms with Crippen molar-refractivity contribution in [3.63, 3.8) is 0 Å². The number of nitrogens with two attached hydrogens (primary N) is 1. The summed E-state index contributed by atoms with van der Waals surface area (Å²) >= 11 is 0. The first kappa shape index (κ1) is 20.0. The van der Waals surface area contributed by atoms with Crippen molar-refractivity contribution < 1.29 is 18.7 Å². The van der Waals surface area contributed by atoms with Crippen LogP contribution in [0.25, 0.3) is 5.69 Å². The average molecular weight is 390 g/mol. The number of amides is 1. The molecular weight excluding hydrogens is 363 g/mol. The minimum absolute atomic E-state index is 0.0497. The number of nitrogen functional groups attached to an aromatic ring is 1. The van der Waals surface area contributed by atoms with Gasteiger partial charge in [-0.25, -0.2) is 13.9 Å². The molecule has 7 nitrogen and oxygen atoms in total. The average Bonchev–Trinajstić information content (AvgIpc) is 3.23. The van der Waals surface area contributed by atoms with E-state index in [1.54, 1.807) is 11.6 Å². The summed E-state index contributed by atoms with van der Waals surface area (Å²) < 4.78 is 27.5. The predicted molar refractivity (Wildman–Crippen MR) is 104 cm³/mol. The lowest BCUT2D eigenvalue weighted by Gasteiger charge is -2.20. The zero-order chi connectivity index (χ0) is 20.1. The number of hydrogen-bond donors (Lipinski definition) is 1. The van der Waals surface area contributed by atoms with Gasteiger partial charge in [-0.2, -0.15) is 0 Å². The first-order chi connectivity index (χ1) is 13.4. The van der Waals surface area contributed by atoms with Crippen LogP contribution in [-0.4, -0.2) is 52.7 Å². The van der Waals surface area contributed by atoms with E-state index in [9.17, 15) is 4.79 Å². The third kappa shape index (κ3) is 4.37. The monoisotopic (exact) mass is 390 g/mol. The maximum absolute atomic E-state index is 15.1. The smallest absolute Gasteiger partial charge is 0.409 e. The van der Waals surface area contributed by atoms with Crippen LogP contribution in [0.2, 0.25) is 0 Å². The van der Waals surface area contributed by atoms with Gasteiger partial charge >= 0.3 is 6.09 Å². The van der Waals surface area contributed by atoms with Crippen LogP contribution >= 0.6 is 0 Å². The molecule has 1 atom stereocenters. The van der Waals surface area contributed by atoms with E-state index in [-0.39, 0.29) is 19.6 Å². The zero-order valence-electron chi connectivity index (χ0n) is 16.4. The molecule has 1 saturated heterocycles. The van der Waals surface area contributed by atoms with Gasteiger partial charge in [0.1, 0.15) is 12.4 Å². The van der Waals surface area contributed by atoms with E-state index < -0.39 is 11.8 Å². The Labute approximate surface area is 164 Å². The van der Waals surface area contributed by atoms with Crippen molar-refractivity contribution in [1.29, 1.82) is 0 Å². The molecule has 1 unspecified atom stereocenters. The first-order valence-electron chi connectivity index (χ1n) is 9.57. The second-order valence-corrected chi connectivity index (χ2v) is 7.14. The summed E-state index contributed by atoms with van der Waals surface area (Å²) in [6.07, 6.45) is 1.46. The van der Waals surface area contributed by atoms with Crippen LogP contribution in [0.15, 0.2) is 30.3 Å². The molecule has 0 spiro atoms. The van der Waals surface area contributed by atoms with Gasteiger partial charge in [0, 0.05) is 13.0 Å². The number of halogens is 1. The fourth-order valence-corrected chi connectivity index (χ4v) is 3.09. The second kappa shape index (κ2) is 8.50. The van der Waals surface area contributed by atoms with Crippen LogP contribution in [0.4, 0.5) is 15.0 Å². The molecule has 8 heteroatoms. The van der Waals surface area contributed by atoms with Gasteiger partial charge in [0.25, 0.3) is 0 Å². The molecule has 1 amide bonds. The zero-order valence-corrected chi connectivity index (χ0v) is 16.4. The maximum atomic E-state index is 15.1. The molecule has 1 aromatic carbocycles. The lowest BCUT2D eigenvalue weighted by molar-refractivity contribution is 0.0749. The van der Waals surface area contributed by atoms with Gasteiger partial charge < -0.3 is 20.1 Å². The van der Waals surface area contributed by atoms with Crippen LogP contribution in [0.1, 0.15) is 31.7 Å². The highest BCUT2D eigenvalue weighted by Gasteiger charge is 2.42. The molecule has 0 aliphatic carbocycles. The van der Waals surface area contributed by atoms with Gasteiger partial charge in [-0.1, -0.05) is 31.5 Å². The molecule has 2 N–H and O–H groups in total. The molecule has 1 aliphatic heterocycles. The first-order valence-corrected chi connectivity index (χ1v) is 9.57. The lowest BCUT2D eigenvalue weighted by atomic mass is 10.1. The van der Waals surface area contributed by atoms with Crippen molar-refractivity contribution in [2.45, 2.75) is 38.8 Å². The quantitative estimate of drug-likeness (QED) is 0.732. The molecule has 1 aromatic heterocycles. The van der Waals surface area contributed by atoms with E-state index in [0.29, 0.717) is 30.4 Å². The largest absolute Gasteiger partial charge is 0.473 e. The number of likely N-dealkylation sites (tertiary alicyclic amines) is 1. The van der Waals surface area contributed by atoms with Crippen molar-refractivity contribution in [3.05, 3.63) is 35.9 Å². The summed E-state index contributed by atoms with van der Waals surface area (Å²) in [5.74, 6) is 0.740. The maximum Gasteiger partial charge on any atom is 0.409 e. The van der Waals surface area contributed by atoms with Crippen LogP contribution in [0.5, 0.6) is 5.88 Å². The highest BCUT2D eigenvalue weighted by Crippen LogP contribution is 2.30. The van der Waals surface area contributed by atoms with Gasteiger partial charge in [-0.15, -0.1) is 5.10 Å². The number of unbranched alkanes of at least 4 members (excludes halogenated alkanes) is 1. The van der Waals surface area contributed by atoms with Gasteiger partial charge in [0.2, 0.25) is 5.88 Å². The van der Waals surface area contributed by atoms with E-state index >= 15 is 4.39 Å². The Morgan fingerprint density at radius 2 is 2.11 bits per heavy atom. The van der Waals surface area contributed by atoms with Gasteiger partial charge in [0.05, 0.1) is 24.4 Å². The molecule has 152 valence electrons. The van der Waals surface area contributed by atoms with Crippen molar-refractivity contribution in [2.24, 2.45) is 0 Å². The van der Waals surface area contributed by atoms with E-state index in [0.717, 1.165) is 18.5 Å². The van der Waals surface area contributed by atoms with Crippen molar-refractivity contribution in [2.75, 3.05) is 32.0 Å². The summed E-state index contributed by atoms with van der Waals surface area (Å²) in [5.41, 5.74) is 5.95. The third-order valence-corrected chi connectivity index (χ3v) is 4.88. The van der Waals surface area contributed by atoms with Gasteiger partial charge in [-0.3, -0.25) is 0 Å². The molecule has 3 rings (SSSR count). The number of anilines is 1. The van der Waals surface area contributed by atoms with Crippen LogP contribution in [0, 0.1) is 6.92 Å². The molecule has 0 bridgehead atoms. The number of hydrogen-bond acceptors (Lipinski definition) is 5. The Morgan fingerprint density at radius 3 is 2.82 bits per heavy atom. The molecule has 0 saturated carbocycles. The number of nitrogens with zero attached hydrogens (tertiary/aromatic N) is 3. The summed E-state index contributed by atoms with van der Waals surface area (Å²) in [4.78, 5) is 13.4. The molecule has 2 heterocycles. The topological polar surface area (TPSA) is 82.6 Å². The number of ether oxygens (including phenoxy) is 2. The second-order valence-electron chi connectivity index (χ2n) is 7.14. The van der Waals surface area contributed by atoms with Crippen molar-refractivity contribution >= 4 is 11.9 Å². The minimum atomic E-state index is -1.64. The minimum Gasteiger partial charge on any atom is -0.473 e. The molecule has 1 fully saturated rings. The number of rotatable bonds is 7. The van der Waals surface area contributed by atoms with Crippen LogP contribution < -0.4 is 10.5 Å². The van der Waals surface area contributed by atoms with Crippen molar-refractivity contribution in [1.82, 2.24) is 14.7 Å². The van der Waals surface area contributed by atoms with Crippen LogP contribution in [-0.2, 0) is 4.74 Å². The number of para-hydroxylation sites is 1. The fourth-order valence-electron chi connectivity index (χ4n) is 3.09. The molecule has 0 radical (unpaired) electrons. The highest BCUT2D eigenvalue weighted by atomic mass is 19.1. The van der Waals surface area contributed by atoms with E-state index in [1.165, 1.54) is 4.90 Å². The third-order valence-electron chi connectivity index (χ3n) is 4.88. The Balaban J connectivity index is 1.61. The highest BCUT2D eigenvalue weighted by molar-refractivity contribution is 5.68. The SMILES string of the molecule is CCCCOC(=O)N1CCC(F)(COc2nn(-c3ccccc3)c(N)c2C)C1. The van der Waals surface area contributed by atoms with E-state index in [2.05, 4.69) is 5.10 Å². The van der Waals surface area contributed by atoms with Gasteiger partial charge in [0.15, 0.2) is 5.67 Å². The Morgan fingerprint density at radius 1 is 1.36 bits per heavy atom. The summed E-state index contributed by atoms with van der Waals surface area (Å²) in [6.45, 7) is 4.22. The van der Waals surface area contributed by atoms with E-state index in [1.807, 2.05) is 37.3 Å². The molecule has 28 heavy (non-hydrogen) atoms.